The van der Waals surface area contributed by atoms with Crippen molar-refractivity contribution in [2.75, 3.05) is 26.2 Å². The number of nitrogens with zero attached hydrogens (tertiary/aromatic N) is 4. The lowest BCUT2D eigenvalue weighted by Gasteiger charge is -2.40. The highest BCUT2D eigenvalue weighted by atomic mass is 16.4. The van der Waals surface area contributed by atoms with E-state index in [1.165, 1.54) is 0 Å². The molecule has 2 saturated heterocycles. The second kappa shape index (κ2) is 6.23. The molecule has 1 atom stereocenters. The van der Waals surface area contributed by atoms with Gasteiger partial charge < -0.3 is 9.32 Å². The van der Waals surface area contributed by atoms with Crippen LogP contribution in [0.2, 0.25) is 0 Å². The number of hydrogen-bond acceptors (Lipinski definition) is 5. The molecule has 2 fully saturated rings. The molecule has 23 heavy (non-hydrogen) atoms. The van der Waals surface area contributed by atoms with Gasteiger partial charge in [0.05, 0.1) is 6.04 Å². The lowest BCUT2D eigenvalue weighted by atomic mass is 9.76. The third kappa shape index (κ3) is 3.13. The van der Waals surface area contributed by atoms with E-state index in [2.05, 4.69) is 22.0 Å². The summed E-state index contributed by atoms with van der Waals surface area (Å²) in [5.74, 6) is 1.76. The molecule has 3 rings (SSSR count). The van der Waals surface area contributed by atoms with Crippen LogP contribution in [0.4, 0.5) is 0 Å². The summed E-state index contributed by atoms with van der Waals surface area (Å²) in [5, 5.41) is 8.24. The minimum absolute atomic E-state index is 0.0916. The number of aryl methyl sites for hydroxylation is 1. The summed E-state index contributed by atoms with van der Waals surface area (Å²) >= 11 is 0. The minimum Gasteiger partial charge on any atom is -0.424 e. The number of rotatable bonds is 3. The topological polar surface area (TPSA) is 62.5 Å². The van der Waals surface area contributed by atoms with Crippen LogP contribution in [-0.4, -0.2) is 52.1 Å². The molecular formula is C17H28N4O2. The van der Waals surface area contributed by atoms with E-state index in [0.29, 0.717) is 5.89 Å². The largest absolute Gasteiger partial charge is 0.424 e. The van der Waals surface area contributed by atoms with Gasteiger partial charge in [-0.2, -0.15) is 0 Å². The number of hydrogen-bond donors (Lipinski definition) is 0. The van der Waals surface area contributed by atoms with Crippen LogP contribution >= 0.6 is 0 Å². The van der Waals surface area contributed by atoms with Crippen LogP contribution < -0.4 is 0 Å². The average Bonchev–Trinajstić information content (AvgIpc) is 3.11. The highest BCUT2D eigenvalue weighted by Gasteiger charge is 2.47. The monoisotopic (exact) mass is 320 g/mol. The summed E-state index contributed by atoms with van der Waals surface area (Å²) in [6.07, 6.45) is 3.21. The first kappa shape index (κ1) is 16.4. The first-order chi connectivity index (χ1) is 10.9. The van der Waals surface area contributed by atoms with E-state index in [-0.39, 0.29) is 23.3 Å². The third-order valence-electron chi connectivity index (χ3n) is 5.47. The van der Waals surface area contributed by atoms with Crippen molar-refractivity contribution < 1.29 is 9.21 Å². The van der Waals surface area contributed by atoms with Gasteiger partial charge in [0.1, 0.15) is 0 Å². The third-order valence-corrected chi connectivity index (χ3v) is 5.47. The van der Waals surface area contributed by atoms with Gasteiger partial charge in [-0.15, -0.1) is 10.2 Å². The van der Waals surface area contributed by atoms with Crippen molar-refractivity contribution in [2.24, 2.45) is 11.3 Å². The SMILES string of the molecule is CCN1CC2(CCN(C(=O)C(C)C)CC2)CC1c1nnc(C)o1. The van der Waals surface area contributed by atoms with Gasteiger partial charge in [0.25, 0.3) is 0 Å². The molecular weight excluding hydrogens is 292 g/mol. The smallest absolute Gasteiger partial charge is 0.233 e. The van der Waals surface area contributed by atoms with Crippen molar-refractivity contribution in [3.8, 4) is 0 Å². The summed E-state index contributed by atoms with van der Waals surface area (Å²) in [5.41, 5.74) is 0.289. The molecule has 0 aliphatic carbocycles. The van der Waals surface area contributed by atoms with Gasteiger partial charge in [-0.3, -0.25) is 9.69 Å². The van der Waals surface area contributed by atoms with Gasteiger partial charge in [0, 0.05) is 32.5 Å². The second-order valence-corrected chi connectivity index (χ2v) is 7.42. The first-order valence-corrected chi connectivity index (χ1v) is 8.77. The Morgan fingerprint density at radius 1 is 1.35 bits per heavy atom. The van der Waals surface area contributed by atoms with E-state index in [1.807, 2.05) is 25.7 Å². The summed E-state index contributed by atoms with van der Waals surface area (Å²) in [6, 6.07) is 0.230. The Kier molecular flexibility index (Phi) is 4.45. The molecule has 128 valence electrons. The van der Waals surface area contributed by atoms with Crippen LogP contribution in [0.25, 0.3) is 0 Å². The number of amides is 1. The zero-order valence-electron chi connectivity index (χ0n) is 14.7. The maximum absolute atomic E-state index is 12.2. The van der Waals surface area contributed by atoms with Crippen molar-refractivity contribution in [2.45, 2.75) is 53.0 Å². The second-order valence-electron chi connectivity index (χ2n) is 7.42. The number of likely N-dealkylation sites (tertiary alicyclic amines) is 2. The van der Waals surface area contributed by atoms with E-state index in [0.717, 1.165) is 51.3 Å². The molecule has 1 amide bonds. The van der Waals surface area contributed by atoms with E-state index in [1.54, 1.807) is 0 Å². The van der Waals surface area contributed by atoms with Gasteiger partial charge in [0.15, 0.2) is 0 Å². The Bertz CT molecular complexity index is 561. The Labute approximate surface area is 138 Å². The molecule has 0 saturated carbocycles. The molecule has 1 unspecified atom stereocenters. The zero-order valence-corrected chi connectivity index (χ0v) is 14.7. The van der Waals surface area contributed by atoms with Crippen LogP contribution in [0.1, 0.15) is 57.9 Å². The molecule has 0 aromatic carbocycles. The fourth-order valence-corrected chi connectivity index (χ4v) is 4.10. The van der Waals surface area contributed by atoms with E-state index in [4.69, 9.17) is 4.42 Å². The van der Waals surface area contributed by atoms with Gasteiger partial charge in [-0.1, -0.05) is 20.8 Å². The molecule has 0 N–H and O–H groups in total. The predicted octanol–water partition coefficient (Wildman–Crippen LogP) is 2.41. The molecule has 1 aromatic heterocycles. The van der Waals surface area contributed by atoms with Crippen LogP contribution in [0.3, 0.4) is 0 Å². The van der Waals surface area contributed by atoms with E-state index < -0.39 is 0 Å². The Balaban J connectivity index is 1.69. The lowest BCUT2D eigenvalue weighted by molar-refractivity contribution is -0.136. The van der Waals surface area contributed by atoms with E-state index in [9.17, 15) is 4.79 Å². The molecule has 0 bridgehead atoms. The Morgan fingerprint density at radius 2 is 2.04 bits per heavy atom. The molecule has 2 aliphatic heterocycles. The lowest BCUT2D eigenvalue weighted by Crippen LogP contribution is -2.45. The fourth-order valence-electron chi connectivity index (χ4n) is 4.10. The van der Waals surface area contributed by atoms with Gasteiger partial charge in [0.2, 0.25) is 17.7 Å². The van der Waals surface area contributed by atoms with Gasteiger partial charge in [-0.25, -0.2) is 0 Å². The van der Waals surface area contributed by atoms with Crippen molar-refractivity contribution in [1.82, 2.24) is 20.0 Å². The maximum Gasteiger partial charge on any atom is 0.233 e. The summed E-state index contributed by atoms with van der Waals surface area (Å²) < 4.78 is 5.70. The molecule has 3 heterocycles. The summed E-state index contributed by atoms with van der Waals surface area (Å²) in [4.78, 5) is 16.7. The molecule has 1 aromatic rings. The average molecular weight is 320 g/mol. The van der Waals surface area contributed by atoms with E-state index >= 15 is 0 Å². The van der Waals surface area contributed by atoms with Crippen molar-refractivity contribution in [3.05, 3.63) is 11.8 Å². The van der Waals surface area contributed by atoms with Gasteiger partial charge >= 0.3 is 0 Å². The minimum atomic E-state index is 0.0916. The number of carbonyl (C=O) groups is 1. The Morgan fingerprint density at radius 3 is 2.57 bits per heavy atom. The maximum atomic E-state index is 12.2. The standard InChI is InChI=1S/C17H28N4O2/c1-5-20-11-17(10-14(20)15-19-18-13(4)23-15)6-8-21(9-7-17)16(22)12(2)3/h12,14H,5-11H2,1-4H3. The number of aromatic nitrogens is 2. The summed E-state index contributed by atoms with van der Waals surface area (Å²) in [6.45, 7) is 11.8. The normalized spacial score (nSPS) is 24.7. The molecule has 2 aliphatic rings. The van der Waals surface area contributed by atoms with Crippen LogP contribution in [-0.2, 0) is 4.79 Å². The quantitative estimate of drug-likeness (QED) is 0.856. The Hall–Kier alpha value is -1.43. The number of carbonyl (C=O) groups excluding carboxylic acids is 1. The zero-order chi connectivity index (χ0) is 16.6. The van der Waals surface area contributed by atoms with Gasteiger partial charge in [-0.05, 0) is 31.2 Å². The highest BCUT2D eigenvalue weighted by molar-refractivity contribution is 5.78. The van der Waals surface area contributed by atoms with Crippen LogP contribution in [0.15, 0.2) is 4.42 Å². The highest BCUT2D eigenvalue weighted by Crippen LogP contribution is 2.48. The molecule has 0 radical (unpaired) electrons. The number of piperidine rings is 1. The first-order valence-electron chi connectivity index (χ1n) is 8.77. The molecule has 6 heteroatoms. The van der Waals surface area contributed by atoms with Crippen molar-refractivity contribution in [1.29, 1.82) is 0 Å². The molecule has 1 spiro atoms. The predicted molar refractivity (Wildman–Crippen MR) is 86.7 cm³/mol. The summed E-state index contributed by atoms with van der Waals surface area (Å²) in [7, 11) is 0. The fraction of sp³-hybridized carbons (Fsp3) is 0.824. The van der Waals surface area contributed by atoms with Crippen LogP contribution in [0.5, 0.6) is 0 Å². The van der Waals surface area contributed by atoms with Crippen LogP contribution in [0, 0.1) is 18.3 Å². The van der Waals surface area contributed by atoms with Crippen molar-refractivity contribution in [3.63, 3.8) is 0 Å². The molecule has 6 nitrogen and oxygen atoms in total. The van der Waals surface area contributed by atoms with Crippen molar-refractivity contribution >= 4 is 5.91 Å².